The highest BCUT2D eigenvalue weighted by molar-refractivity contribution is 5.37. The fraction of sp³-hybridized carbons (Fsp3) is 0.125. The monoisotopic (exact) mass is 274 g/mol. The molecule has 1 atom stereocenters. The molecule has 1 N–H and O–H groups in total. The predicted octanol–water partition coefficient (Wildman–Crippen LogP) is 3.60. The molecule has 0 aliphatic heterocycles. The van der Waals surface area contributed by atoms with Gasteiger partial charge in [0.15, 0.2) is 11.6 Å². The minimum atomic E-state index is -1.36. The molecule has 0 aliphatic rings. The summed E-state index contributed by atoms with van der Waals surface area (Å²) in [6.45, 7) is 1.50. The Balaban J connectivity index is 2.19. The van der Waals surface area contributed by atoms with Crippen LogP contribution in [0, 0.1) is 24.0 Å². The molecule has 0 radical (unpaired) electrons. The first-order valence-electron chi connectivity index (χ1n) is 5.86. The van der Waals surface area contributed by atoms with Gasteiger partial charge in [-0.05, 0) is 36.8 Å². The second-order valence-corrected chi connectivity index (χ2v) is 4.42. The van der Waals surface area contributed by atoms with Crippen LogP contribution in [0.4, 0.5) is 8.78 Å². The van der Waals surface area contributed by atoms with E-state index in [4.69, 9.17) is 11.2 Å². The average Bonchev–Trinajstić information content (AvgIpc) is 2.43. The van der Waals surface area contributed by atoms with Crippen molar-refractivity contribution in [2.45, 2.75) is 12.5 Å². The summed E-state index contributed by atoms with van der Waals surface area (Å²) in [5.41, 5.74) is -0.821. The standard InChI is InChI=1S/C16H12F2O2/c1-3-16(2,19)11-4-6-12(7-5-11)20-13-8-9-14(17)15(18)10-13/h1,4-10,19H,2H3. The maximum atomic E-state index is 13.0. The van der Waals surface area contributed by atoms with E-state index in [2.05, 4.69) is 5.92 Å². The zero-order valence-electron chi connectivity index (χ0n) is 10.7. The molecule has 2 nitrogen and oxygen atoms in total. The topological polar surface area (TPSA) is 29.5 Å². The summed E-state index contributed by atoms with van der Waals surface area (Å²) in [5.74, 6) is 0.958. The lowest BCUT2D eigenvalue weighted by Crippen LogP contribution is -2.17. The summed E-state index contributed by atoms with van der Waals surface area (Å²) in [7, 11) is 0. The van der Waals surface area contributed by atoms with Crippen LogP contribution in [-0.2, 0) is 5.60 Å². The molecule has 0 aliphatic carbocycles. The maximum Gasteiger partial charge on any atom is 0.162 e. The zero-order valence-corrected chi connectivity index (χ0v) is 10.7. The first kappa shape index (κ1) is 14.0. The van der Waals surface area contributed by atoms with Crippen LogP contribution < -0.4 is 4.74 Å². The normalized spacial score (nSPS) is 13.3. The van der Waals surface area contributed by atoms with Crippen LogP contribution >= 0.6 is 0 Å². The predicted molar refractivity (Wildman–Crippen MR) is 71.3 cm³/mol. The van der Waals surface area contributed by atoms with E-state index >= 15 is 0 Å². The van der Waals surface area contributed by atoms with E-state index in [-0.39, 0.29) is 5.75 Å². The van der Waals surface area contributed by atoms with Crippen LogP contribution in [0.25, 0.3) is 0 Å². The quantitative estimate of drug-likeness (QED) is 0.867. The lowest BCUT2D eigenvalue weighted by Gasteiger charge is -2.17. The highest BCUT2D eigenvalue weighted by Gasteiger charge is 2.19. The van der Waals surface area contributed by atoms with Gasteiger partial charge in [-0.15, -0.1) is 6.42 Å². The second kappa shape index (κ2) is 5.32. The summed E-state index contributed by atoms with van der Waals surface area (Å²) in [5, 5.41) is 9.87. The van der Waals surface area contributed by atoms with Crippen molar-refractivity contribution >= 4 is 0 Å². The van der Waals surface area contributed by atoms with Gasteiger partial charge in [-0.3, -0.25) is 0 Å². The van der Waals surface area contributed by atoms with Gasteiger partial charge in [-0.1, -0.05) is 18.1 Å². The molecule has 102 valence electrons. The van der Waals surface area contributed by atoms with Gasteiger partial charge in [-0.2, -0.15) is 0 Å². The zero-order chi connectivity index (χ0) is 14.8. The molecule has 4 heteroatoms. The molecule has 0 spiro atoms. The Morgan fingerprint density at radius 1 is 1.05 bits per heavy atom. The van der Waals surface area contributed by atoms with E-state index in [0.717, 1.165) is 12.1 Å². The van der Waals surface area contributed by atoms with Gasteiger partial charge in [0.1, 0.15) is 17.1 Å². The molecule has 20 heavy (non-hydrogen) atoms. The van der Waals surface area contributed by atoms with E-state index in [0.29, 0.717) is 11.3 Å². The van der Waals surface area contributed by atoms with Crippen molar-refractivity contribution in [1.82, 2.24) is 0 Å². The highest BCUT2D eigenvalue weighted by Crippen LogP contribution is 2.26. The molecule has 2 aromatic carbocycles. The van der Waals surface area contributed by atoms with Gasteiger partial charge in [0.05, 0.1) is 0 Å². The number of hydrogen-bond acceptors (Lipinski definition) is 2. The van der Waals surface area contributed by atoms with E-state index < -0.39 is 17.2 Å². The number of benzene rings is 2. The molecule has 0 saturated heterocycles. The Labute approximate surface area is 115 Å². The van der Waals surface area contributed by atoms with Crippen molar-refractivity contribution in [3.05, 3.63) is 59.7 Å². The van der Waals surface area contributed by atoms with Crippen molar-refractivity contribution < 1.29 is 18.6 Å². The summed E-state index contributed by atoms with van der Waals surface area (Å²) in [6, 6.07) is 9.65. The number of ether oxygens (including phenoxy) is 1. The molecule has 0 fully saturated rings. The summed E-state index contributed by atoms with van der Waals surface area (Å²) < 4.78 is 31.2. The molecule has 0 bridgehead atoms. The number of terminal acetylenes is 1. The largest absolute Gasteiger partial charge is 0.457 e. The molecule has 1 unspecified atom stereocenters. The number of rotatable bonds is 3. The third-order valence-electron chi connectivity index (χ3n) is 2.82. The first-order chi connectivity index (χ1) is 9.42. The van der Waals surface area contributed by atoms with Crippen molar-refractivity contribution in [2.24, 2.45) is 0 Å². The SMILES string of the molecule is C#CC(C)(O)c1ccc(Oc2ccc(F)c(F)c2)cc1. The van der Waals surface area contributed by atoms with Crippen LogP contribution in [0.2, 0.25) is 0 Å². The molecular weight excluding hydrogens is 262 g/mol. The minimum Gasteiger partial charge on any atom is -0.457 e. The first-order valence-corrected chi connectivity index (χ1v) is 5.86. The van der Waals surface area contributed by atoms with Gasteiger partial charge in [0, 0.05) is 6.07 Å². The minimum absolute atomic E-state index is 0.181. The Hall–Kier alpha value is -2.38. The molecule has 0 saturated carbocycles. The van der Waals surface area contributed by atoms with Gasteiger partial charge in [0.25, 0.3) is 0 Å². The lowest BCUT2D eigenvalue weighted by molar-refractivity contribution is 0.122. The van der Waals surface area contributed by atoms with Crippen molar-refractivity contribution in [2.75, 3.05) is 0 Å². The molecule has 0 aromatic heterocycles. The van der Waals surface area contributed by atoms with Crippen LogP contribution in [0.15, 0.2) is 42.5 Å². The van der Waals surface area contributed by atoms with Crippen molar-refractivity contribution in [3.63, 3.8) is 0 Å². The maximum absolute atomic E-state index is 13.0. The van der Waals surface area contributed by atoms with Crippen LogP contribution in [0.1, 0.15) is 12.5 Å². The second-order valence-electron chi connectivity index (χ2n) is 4.42. The molecular formula is C16H12F2O2. The van der Waals surface area contributed by atoms with Crippen LogP contribution in [0.5, 0.6) is 11.5 Å². The number of halogens is 2. The van der Waals surface area contributed by atoms with E-state index in [1.54, 1.807) is 24.3 Å². The lowest BCUT2D eigenvalue weighted by atomic mass is 9.97. The summed E-state index contributed by atoms with van der Waals surface area (Å²) >= 11 is 0. The van der Waals surface area contributed by atoms with E-state index in [9.17, 15) is 13.9 Å². The van der Waals surface area contributed by atoms with E-state index in [1.165, 1.54) is 13.0 Å². The highest BCUT2D eigenvalue weighted by atomic mass is 19.2. The van der Waals surface area contributed by atoms with E-state index in [1.807, 2.05) is 0 Å². The Morgan fingerprint density at radius 2 is 1.65 bits per heavy atom. The van der Waals surface area contributed by atoms with Gasteiger partial charge in [0.2, 0.25) is 0 Å². The molecule has 2 rings (SSSR count). The van der Waals surface area contributed by atoms with Crippen molar-refractivity contribution in [3.8, 4) is 23.8 Å². The Kier molecular flexibility index (Phi) is 3.73. The van der Waals surface area contributed by atoms with Crippen LogP contribution in [0.3, 0.4) is 0 Å². The average molecular weight is 274 g/mol. The molecule has 0 heterocycles. The number of aliphatic hydroxyl groups is 1. The van der Waals surface area contributed by atoms with Crippen LogP contribution in [-0.4, -0.2) is 5.11 Å². The van der Waals surface area contributed by atoms with Gasteiger partial charge >= 0.3 is 0 Å². The summed E-state index contributed by atoms with van der Waals surface area (Å²) in [4.78, 5) is 0. The number of hydrogen-bond donors (Lipinski definition) is 1. The fourth-order valence-corrected chi connectivity index (χ4v) is 1.61. The Morgan fingerprint density at radius 3 is 2.20 bits per heavy atom. The Bertz CT molecular complexity index is 655. The van der Waals surface area contributed by atoms with Gasteiger partial charge < -0.3 is 9.84 Å². The molecule has 0 amide bonds. The third kappa shape index (κ3) is 2.95. The fourth-order valence-electron chi connectivity index (χ4n) is 1.61. The third-order valence-corrected chi connectivity index (χ3v) is 2.82. The summed E-state index contributed by atoms with van der Waals surface area (Å²) in [6.07, 6.45) is 5.22. The van der Waals surface area contributed by atoms with Gasteiger partial charge in [-0.25, -0.2) is 8.78 Å². The van der Waals surface area contributed by atoms with Crippen molar-refractivity contribution in [1.29, 1.82) is 0 Å². The smallest absolute Gasteiger partial charge is 0.162 e. The molecule has 2 aromatic rings.